The maximum atomic E-state index is 13.9. The number of methoxy groups -OCH3 is 2. The van der Waals surface area contributed by atoms with Crippen molar-refractivity contribution in [3.63, 3.8) is 0 Å². The molecule has 0 N–H and O–H groups in total. The van der Waals surface area contributed by atoms with Crippen LogP contribution in [0.3, 0.4) is 0 Å². The Bertz CT molecular complexity index is 1830. The molecule has 0 saturated carbocycles. The molecule has 41 heavy (non-hydrogen) atoms. The summed E-state index contributed by atoms with van der Waals surface area (Å²) in [5.41, 5.74) is 3.16. The zero-order chi connectivity index (χ0) is 29.1. The molecule has 210 valence electrons. The Kier molecular flexibility index (Phi) is 8.77. The number of benzene rings is 3. The summed E-state index contributed by atoms with van der Waals surface area (Å²) in [5, 5.41) is 0.633. The molecular weight excluding hydrogens is 628 g/mol. The number of nitrogens with zero attached hydrogens (tertiary/aromatic N) is 2. The molecule has 0 aliphatic carbocycles. The standard InChI is InChI=1S/C31H26BrClN2O5S/c1-4-23-26(30(37)39-3)27(20-10-6-5-7-11-20)35-29(36)25(41-31(35)34-23)16-19-14-22(32)28(24(15-19)38-2)40-17-18-9-8-12-21(33)13-18/h5-16,27H,4,17H2,1-3H3/b25-16+/t27-/m0/s1. The third-order valence-electron chi connectivity index (χ3n) is 6.59. The van der Waals surface area contributed by atoms with Crippen molar-refractivity contribution in [3.05, 3.63) is 124 Å². The van der Waals surface area contributed by atoms with E-state index in [2.05, 4.69) is 15.9 Å². The Morgan fingerprint density at radius 2 is 1.90 bits per heavy atom. The van der Waals surface area contributed by atoms with Gasteiger partial charge in [-0.25, -0.2) is 9.79 Å². The highest BCUT2D eigenvalue weighted by molar-refractivity contribution is 9.10. The Labute approximate surface area is 254 Å². The molecule has 0 amide bonds. The molecule has 7 nitrogen and oxygen atoms in total. The van der Waals surface area contributed by atoms with Crippen LogP contribution < -0.4 is 24.4 Å². The highest BCUT2D eigenvalue weighted by Crippen LogP contribution is 2.37. The molecule has 1 aliphatic heterocycles. The fourth-order valence-electron chi connectivity index (χ4n) is 4.71. The topological polar surface area (TPSA) is 79.1 Å². The van der Waals surface area contributed by atoms with E-state index in [0.29, 0.717) is 54.6 Å². The molecule has 0 radical (unpaired) electrons. The number of carbonyl (C=O) groups is 1. The van der Waals surface area contributed by atoms with Crippen LogP contribution in [0, 0.1) is 0 Å². The maximum absolute atomic E-state index is 13.9. The summed E-state index contributed by atoms with van der Waals surface area (Å²) in [7, 11) is 2.90. The van der Waals surface area contributed by atoms with Crippen LogP contribution in [0.25, 0.3) is 6.08 Å². The second-order valence-electron chi connectivity index (χ2n) is 9.15. The van der Waals surface area contributed by atoms with Crippen LogP contribution in [0.15, 0.2) is 92.3 Å². The number of fused-ring (bicyclic) bond motifs is 1. The van der Waals surface area contributed by atoms with Crippen LogP contribution in [-0.4, -0.2) is 24.8 Å². The first-order valence-electron chi connectivity index (χ1n) is 12.8. The van der Waals surface area contributed by atoms with E-state index in [1.54, 1.807) is 17.8 Å². The number of allylic oxidation sites excluding steroid dienone is 1. The van der Waals surface area contributed by atoms with Gasteiger partial charge in [0.05, 0.1) is 40.5 Å². The lowest BCUT2D eigenvalue weighted by atomic mass is 9.95. The molecular formula is C31H26BrClN2O5S. The van der Waals surface area contributed by atoms with Crippen LogP contribution >= 0.6 is 38.9 Å². The Balaban J connectivity index is 1.59. The van der Waals surface area contributed by atoms with Crippen LogP contribution in [0.2, 0.25) is 5.02 Å². The lowest BCUT2D eigenvalue weighted by Crippen LogP contribution is -2.40. The Morgan fingerprint density at radius 1 is 1.12 bits per heavy atom. The van der Waals surface area contributed by atoms with E-state index in [9.17, 15) is 9.59 Å². The van der Waals surface area contributed by atoms with Crippen molar-refractivity contribution >= 4 is 50.9 Å². The number of carbonyl (C=O) groups excluding carboxylic acids is 1. The quantitative estimate of drug-likeness (QED) is 0.225. The summed E-state index contributed by atoms with van der Waals surface area (Å²) in [4.78, 5) is 32.1. The monoisotopic (exact) mass is 652 g/mol. The van der Waals surface area contributed by atoms with Gasteiger partial charge in [0.25, 0.3) is 5.56 Å². The molecule has 0 unspecified atom stereocenters. The summed E-state index contributed by atoms with van der Waals surface area (Å²) in [6.07, 6.45) is 2.30. The third kappa shape index (κ3) is 5.88. The minimum atomic E-state index is -0.652. The van der Waals surface area contributed by atoms with Gasteiger partial charge in [-0.1, -0.05) is 72.3 Å². The van der Waals surface area contributed by atoms with E-state index < -0.39 is 12.0 Å². The number of rotatable bonds is 8. The smallest absolute Gasteiger partial charge is 0.338 e. The summed E-state index contributed by atoms with van der Waals surface area (Å²) in [6, 6.07) is 19.9. The number of hydrogen-bond acceptors (Lipinski definition) is 7. The summed E-state index contributed by atoms with van der Waals surface area (Å²) < 4.78 is 19.5. The molecule has 0 spiro atoms. The average Bonchev–Trinajstić information content (AvgIpc) is 3.29. The Morgan fingerprint density at radius 3 is 2.59 bits per heavy atom. The first-order valence-corrected chi connectivity index (χ1v) is 14.8. The minimum Gasteiger partial charge on any atom is -0.493 e. The van der Waals surface area contributed by atoms with Crippen molar-refractivity contribution in [2.75, 3.05) is 14.2 Å². The molecule has 1 atom stereocenters. The van der Waals surface area contributed by atoms with Gasteiger partial charge in [-0.2, -0.15) is 0 Å². The van der Waals surface area contributed by atoms with Gasteiger partial charge < -0.3 is 14.2 Å². The summed E-state index contributed by atoms with van der Waals surface area (Å²) in [5.74, 6) is 0.532. The predicted octanol–water partition coefficient (Wildman–Crippen LogP) is 5.80. The molecule has 2 heterocycles. The maximum Gasteiger partial charge on any atom is 0.338 e. The molecule has 0 fully saturated rings. The summed E-state index contributed by atoms with van der Waals surface area (Å²) >= 11 is 11.0. The normalized spacial score (nSPS) is 14.9. The molecule has 0 saturated heterocycles. The minimum absolute atomic E-state index is 0.254. The van der Waals surface area contributed by atoms with Gasteiger partial charge in [0, 0.05) is 5.02 Å². The molecule has 3 aromatic carbocycles. The van der Waals surface area contributed by atoms with Gasteiger partial charge in [0.1, 0.15) is 6.61 Å². The first kappa shape index (κ1) is 28.9. The molecule has 5 rings (SSSR count). The lowest BCUT2D eigenvalue weighted by Gasteiger charge is -2.25. The average molecular weight is 654 g/mol. The largest absolute Gasteiger partial charge is 0.493 e. The van der Waals surface area contributed by atoms with E-state index in [4.69, 9.17) is 30.8 Å². The number of esters is 1. The number of halogens is 2. The second-order valence-corrected chi connectivity index (χ2v) is 11.5. The number of ether oxygens (including phenoxy) is 3. The number of aromatic nitrogens is 1. The number of thiazole rings is 1. The van der Waals surface area contributed by atoms with E-state index in [0.717, 1.165) is 16.7 Å². The van der Waals surface area contributed by atoms with Gasteiger partial charge in [-0.3, -0.25) is 9.36 Å². The SMILES string of the molecule is CCC1=C(C(=O)OC)[C@H](c2ccccc2)n2c(s/c(=C/c3cc(Br)c(OCc4cccc(Cl)c4)c(OC)c3)c2=O)=N1. The van der Waals surface area contributed by atoms with E-state index >= 15 is 0 Å². The molecule has 1 aliphatic rings. The van der Waals surface area contributed by atoms with Crippen molar-refractivity contribution in [1.29, 1.82) is 0 Å². The number of hydrogen-bond donors (Lipinski definition) is 0. The molecule has 1 aromatic heterocycles. The zero-order valence-electron chi connectivity index (χ0n) is 22.5. The van der Waals surface area contributed by atoms with Crippen LogP contribution in [0.1, 0.15) is 36.1 Å². The summed E-state index contributed by atoms with van der Waals surface area (Å²) in [6.45, 7) is 2.23. The van der Waals surface area contributed by atoms with E-state index in [-0.39, 0.29) is 5.56 Å². The van der Waals surface area contributed by atoms with Crippen molar-refractivity contribution in [2.45, 2.75) is 26.0 Å². The lowest BCUT2D eigenvalue weighted by molar-refractivity contribution is -0.136. The van der Waals surface area contributed by atoms with E-state index in [1.165, 1.54) is 18.4 Å². The fraction of sp³-hybridized carbons (Fsp3) is 0.194. The van der Waals surface area contributed by atoms with Gasteiger partial charge in [-0.05, 0) is 69.4 Å². The van der Waals surface area contributed by atoms with E-state index in [1.807, 2.05) is 73.7 Å². The van der Waals surface area contributed by atoms with Crippen molar-refractivity contribution < 1.29 is 19.0 Å². The Hall–Kier alpha value is -3.66. The van der Waals surface area contributed by atoms with Crippen LogP contribution in [-0.2, 0) is 16.1 Å². The molecule has 0 bridgehead atoms. The van der Waals surface area contributed by atoms with Crippen LogP contribution in [0.5, 0.6) is 11.5 Å². The first-order chi connectivity index (χ1) is 19.8. The predicted molar refractivity (Wildman–Crippen MR) is 163 cm³/mol. The van der Waals surface area contributed by atoms with Crippen molar-refractivity contribution in [3.8, 4) is 11.5 Å². The fourth-order valence-corrected chi connectivity index (χ4v) is 6.52. The zero-order valence-corrected chi connectivity index (χ0v) is 25.7. The van der Waals surface area contributed by atoms with Gasteiger partial charge >= 0.3 is 5.97 Å². The third-order valence-corrected chi connectivity index (χ3v) is 8.39. The van der Waals surface area contributed by atoms with Crippen molar-refractivity contribution in [2.24, 2.45) is 4.99 Å². The molecule has 4 aromatic rings. The highest BCUT2D eigenvalue weighted by atomic mass is 79.9. The van der Waals surface area contributed by atoms with Crippen LogP contribution in [0.4, 0.5) is 0 Å². The van der Waals surface area contributed by atoms with Gasteiger partial charge in [-0.15, -0.1) is 0 Å². The van der Waals surface area contributed by atoms with Crippen molar-refractivity contribution in [1.82, 2.24) is 4.57 Å². The van der Waals surface area contributed by atoms with Gasteiger partial charge in [0.15, 0.2) is 16.3 Å². The second kappa shape index (κ2) is 12.5. The highest BCUT2D eigenvalue weighted by Gasteiger charge is 2.33. The van der Waals surface area contributed by atoms with Gasteiger partial charge in [0.2, 0.25) is 0 Å². The molecule has 10 heteroatoms.